The molecule has 1 aliphatic carbocycles. The van der Waals surface area contributed by atoms with E-state index in [9.17, 15) is 0 Å². The van der Waals surface area contributed by atoms with Crippen molar-refractivity contribution in [2.45, 2.75) is 38.2 Å². The molecular formula is C10H15NOS. The molecule has 0 atom stereocenters. The van der Waals surface area contributed by atoms with Gasteiger partial charge in [0.05, 0.1) is 10.7 Å². The van der Waals surface area contributed by atoms with Crippen molar-refractivity contribution in [1.29, 1.82) is 0 Å². The van der Waals surface area contributed by atoms with E-state index >= 15 is 0 Å². The van der Waals surface area contributed by atoms with Crippen molar-refractivity contribution in [2.24, 2.45) is 0 Å². The van der Waals surface area contributed by atoms with Crippen LogP contribution in [0.4, 0.5) is 0 Å². The summed E-state index contributed by atoms with van der Waals surface area (Å²) in [5.41, 5.74) is 0.839. The first-order valence-corrected chi connectivity index (χ1v) is 5.52. The number of hydrogen-bond donors (Lipinski definition) is 0. The molecule has 3 heteroatoms. The number of thiazole rings is 1. The van der Waals surface area contributed by atoms with Crippen LogP contribution in [0.2, 0.25) is 0 Å². The second kappa shape index (κ2) is 3.07. The second-order valence-corrected chi connectivity index (χ2v) is 4.95. The third-order valence-electron chi connectivity index (χ3n) is 2.58. The lowest BCUT2D eigenvalue weighted by atomic mass is 10.1. The van der Waals surface area contributed by atoms with E-state index in [1.54, 1.807) is 18.4 Å². The fourth-order valence-electron chi connectivity index (χ4n) is 1.19. The largest absolute Gasteiger partial charge is 0.372 e. The van der Waals surface area contributed by atoms with Gasteiger partial charge < -0.3 is 4.74 Å². The smallest absolute Gasteiger partial charge is 0.105 e. The Morgan fingerprint density at radius 1 is 1.54 bits per heavy atom. The van der Waals surface area contributed by atoms with Gasteiger partial charge in [-0.1, -0.05) is 0 Å². The first-order chi connectivity index (χ1) is 6.13. The maximum atomic E-state index is 5.38. The van der Waals surface area contributed by atoms with Crippen LogP contribution >= 0.6 is 11.3 Å². The molecular weight excluding hydrogens is 182 g/mol. The standard InChI is InChI=1S/C10H15NOS/c1-10(2,12-3)8-6-13-9(11-8)7-4-5-7/h6-7H,4-5H2,1-3H3. The summed E-state index contributed by atoms with van der Waals surface area (Å²) in [5, 5.41) is 3.41. The average Bonchev–Trinajstić information content (AvgIpc) is 2.83. The van der Waals surface area contributed by atoms with E-state index in [0.717, 1.165) is 11.6 Å². The molecule has 72 valence electrons. The topological polar surface area (TPSA) is 22.1 Å². The van der Waals surface area contributed by atoms with Crippen molar-refractivity contribution >= 4 is 11.3 Å². The fraction of sp³-hybridized carbons (Fsp3) is 0.700. The molecule has 1 aliphatic rings. The molecule has 0 spiro atoms. The molecule has 1 aromatic rings. The van der Waals surface area contributed by atoms with Gasteiger partial charge in [-0.05, 0) is 26.7 Å². The van der Waals surface area contributed by atoms with Crippen molar-refractivity contribution in [1.82, 2.24) is 4.98 Å². The van der Waals surface area contributed by atoms with Gasteiger partial charge in [-0.15, -0.1) is 11.3 Å². The lowest BCUT2D eigenvalue weighted by Crippen LogP contribution is -2.19. The number of aromatic nitrogens is 1. The molecule has 13 heavy (non-hydrogen) atoms. The Morgan fingerprint density at radius 3 is 2.77 bits per heavy atom. The van der Waals surface area contributed by atoms with Gasteiger partial charge in [0.25, 0.3) is 0 Å². The van der Waals surface area contributed by atoms with Gasteiger partial charge in [0, 0.05) is 18.4 Å². The van der Waals surface area contributed by atoms with Crippen LogP contribution in [0, 0.1) is 0 Å². The zero-order valence-corrected chi connectivity index (χ0v) is 9.15. The number of ether oxygens (including phenoxy) is 1. The quantitative estimate of drug-likeness (QED) is 0.743. The lowest BCUT2D eigenvalue weighted by molar-refractivity contribution is 0.0159. The minimum absolute atomic E-state index is 0.233. The highest BCUT2D eigenvalue weighted by Crippen LogP contribution is 2.42. The Labute approximate surface area is 83.0 Å². The zero-order valence-electron chi connectivity index (χ0n) is 8.33. The molecule has 0 saturated heterocycles. The molecule has 1 heterocycles. The monoisotopic (exact) mass is 197 g/mol. The lowest BCUT2D eigenvalue weighted by Gasteiger charge is -2.19. The van der Waals surface area contributed by atoms with Crippen LogP contribution in [0.5, 0.6) is 0 Å². The molecule has 0 aliphatic heterocycles. The van der Waals surface area contributed by atoms with Gasteiger partial charge in [0.1, 0.15) is 5.60 Å². The van der Waals surface area contributed by atoms with Gasteiger partial charge in [0.2, 0.25) is 0 Å². The molecule has 0 bridgehead atoms. The van der Waals surface area contributed by atoms with Crippen molar-refractivity contribution < 1.29 is 4.74 Å². The summed E-state index contributed by atoms with van der Waals surface area (Å²) in [6.07, 6.45) is 2.64. The molecule has 0 radical (unpaired) electrons. The third kappa shape index (κ3) is 1.76. The molecule has 0 amide bonds. The molecule has 1 aromatic heterocycles. The van der Waals surface area contributed by atoms with E-state index in [4.69, 9.17) is 4.74 Å². The minimum atomic E-state index is -0.233. The van der Waals surface area contributed by atoms with Crippen LogP contribution < -0.4 is 0 Å². The zero-order chi connectivity index (χ0) is 9.47. The van der Waals surface area contributed by atoms with E-state index < -0.39 is 0 Å². The van der Waals surface area contributed by atoms with Crippen molar-refractivity contribution in [3.8, 4) is 0 Å². The highest BCUT2D eigenvalue weighted by Gasteiger charge is 2.29. The van der Waals surface area contributed by atoms with Crippen molar-refractivity contribution in [2.75, 3.05) is 7.11 Å². The predicted molar refractivity (Wildman–Crippen MR) is 54.1 cm³/mol. The Hall–Kier alpha value is -0.410. The Kier molecular flexibility index (Phi) is 2.16. The van der Waals surface area contributed by atoms with E-state index in [1.165, 1.54) is 17.8 Å². The van der Waals surface area contributed by atoms with Gasteiger partial charge in [-0.3, -0.25) is 0 Å². The number of rotatable bonds is 3. The van der Waals surface area contributed by atoms with Gasteiger partial charge in [-0.2, -0.15) is 0 Å². The molecule has 2 rings (SSSR count). The highest BCUT2D eigenvalue weighted by atomic mass is 32.1. The minimum Gasteiger partial charge on any atom is -0.372 e. The Morgan fingerprint density at radius 2 is 2.23 bits per heavy atom. The van der Waals surface area contributed by atoms with E-state index in [1.807, 2.05) is 0 Å². The third-order valence-corrected chi connectivity index (χ3v) is 3.58. The number of methoxy groups -OCH3 is 1. The summed E-state index contributed by atoms with van der Waals surface area (Å²) < 4.78 is 5.38. The summed E-state index contributed by atoms with van der Waals surface area (Å²) in [5.74, 6) is 0.756. The highest BCUT2D eigenvalue weighted by molar-refractivity contribution is 7.09. The normalized spacial score (nSPS) is 17.8. The molecule has 0 N–H and O–H groups in total. The average molecular weight is 197 g/mol. The summed E-state index contributed by atoms with van der Waals surface area (Å²) in [6.45, 7) is 4.11. The first-order valence-electron chi connectivity index (χ1n) is 4.64. The van der Waals surface area contributed by atoms with Crippen LogP contribution in [0.1, 0.15) is 43.3 Å². The summed E-state index contributed by atoms with van der Waals surface area (Å²) in [6, 6.07) is 0. The van der Waals surface area contributed by atoms with Gasteiger partial charge >= 0.3 is 0 Å². The van der Waals surface area contributed by atoms with Crippen LogP contribution in [0.3, 0.4) is 0 Å². The molecule has 1 saturated carbocycles. The van der Waals surface area contributed by atoms with Crippen molar-refractivity contribution in [3.05, 3.63) is 16.1 Å². The molecule has 0 unspecified atom stereocenters. The van der Waals surface area contributed by atoms with Gasteiger partial charge in [-0.25, -0.2) is 4.98 Å². The Balaban J connectivity index is 2.20. The maximum absolute atomic E-state index is 5.38. The number of nitrogens with zero attached hydrogens (tertiary/aromatic N) is 1. The van der Waals surface area contributed by atoms with Crippen LogP contribution in [0.15, 0.2) is 5.38 Å². The summed E-state index contributed by atoms with van der Waals surface area (Å²) in [7, 11) is 1.73. The van der Waals surface area contributed by atoms with E-state index in [-0.39, 0.29) is 5.60 Å². The number of hydrogen-bond acceptors (Lipinski definition) is 3. The molecule has 2 nitrogen and oxygen atoms in total. The summed E-state index contributed by atoms with van der Waals surface area (Å²) in [4.78, 5) is 4.61. The predicted octanol–water partition coefficient (Wildman–Crippen LogP) is 2.90. The van der Waals surface area contributed by atoms with Crippen molar-refractivity contribution in [3.63, 3.8) is 0 Å². The molecule has 1 fully saturated rings. The second-order valence-electron chi connectivity index (χ2n) is 4.06. The van der Waals surface area contributed by atoms with Crippen LogP contribution in [0.25, 0.3) is 0 Å². The van der Waals surface area contributed by atoms with E-state index in [2.05, 4.69) is 24.2 Å². The summed E-state index contributed by atoms with van der Waals surface area (Å²) >= 11 is 1.77. The van der Waals surface area contributed by atoms with E-state index in [0.29, 0.717) is 0 Å². The SMILES string of the molecule is COC(C)(C)c1csc(C2CC2)n1. The molecule has 0 aromatic carbocycles. The fourth-order valence-corrected chi connectivity index (χ4v) is 2.33. The van der Waals surface area contributed by atoms with Crippen LogP contribution in [-0.4, -0.2) is 12.1 Å². The maximum Gasteiger partial charge on any atom is 0.105 e. The van der Waals surface area contributed by atoms with Gasteiger partial charge in [0.15, 0.2) is 0 Å². The van der Waals surface area contributed by atoms with Crippen LogP contribution in [-0.2, 0) is 10.3 Å². The first kappa shape index (κ1) is 9.16. The Bertz CT molecular complexity index is 302.